The van der Waals surface area contributed by atoms with Gasteiger partial charge >= 0.3 is 0 Å². The first-order valence-corrected chi connectivity index (χ1v) is 10.5. The van der Waals surface area contributed by atoms with Gasteiger partial charge in [0.25, 0.3) is 17.7 Å². The summed E-state index contributed by atoms with van der Waals surface area (Å²) in [6.07, 6.45) is 1.21. The van der Waals surface area contributed by atoms with Crippen molar-refractivity contribution in [2.45, 2.75) is 43.8 Å². The Morgan fingerprint density at radius 3 is 2.68 bits per heavy atom. The molecule has 2 aromatic heterocycles. The monoisotopic (exact) mass is 477 g/mol. The van der Waals surface area contributed by atoms with Gasteiger partial charge in [0, 0.05) is 26.1 Å². The summed E-state index contributed by atoms with van der Waals surface area (Å²) in [5.41, 5.74) is 0.673. The highest BCUT2D eigenvalue weighted by molar-refractivity contribution is 6.00. The van der Waals surface area contributed by atoms with E-state index in [0.29, 0.717) is 11.4 Å². The van der Waals surface area contributed by atoms with Gasteiger partial charge in [0.05, 0.1) is 18.2 Å². The van der Waals surface area contributed by atoms with Crippen LogP contribution in [0.25, 0.3) is 0 Å². The molecule has 3 heterocycles. The lowest BCUT2D eigenvalue weighted by atomic mass is 10.2. The number of aryl methyl sites for hydroxylation is 1. The SMILES string of the molecule is CN1C(=O)C(NC(=O)c2ncn(Cc3ccc(F)c(F)c3)n2)CCn2nc([C@@H]3CC3(F)F)cc21. The predicted molar refractivity (Wildman–Crippen MR) is 109 cm³/mol. The standard InChI is InChI=1S/C21H19F4N7O2/c1-30-17-7-16(12-8-21(12,24)25)28-32(17)5-4-15(20(30)34)27-19(33)18-26-10-31(29-18)9-11-2-3-13(22)14(23)6-11/h2-3,6-7,10,12,15H,4-5,8-9H2,1H3,(H,27,33)/t12-,15?/m0/s1. The molecule has 2 atom stereocenters. The zero-order valence-corrected chi connectivity index (χ0v) is 17.9. The second kappa shape index (κ2) is 7.92. The van der Waals surface area contributed by atoms with Crippen molar-refractivity contribution >= 4 is 17.6 Å². The summed E-state index contributed by atoms with van der Waals surface area (Å²) in [7, 11) is 1.49. The lowest BCUT2D eigenvalue weighted by molar-refractivity contribution is -0.120. The van der Waals surface area contributed by atoms with Crippen LogP contribution < -0.4 is 10.2 Å². The highest BCUT2D eigenvalue weighted by atomic mass is 19.3. The van der Waals surface area contributed by atoms with Crippen LogP contribution in [-0.2, 0) is 17.9 Å². The summed E-state index contributed by atoms with van der Waals surface area (Å²) >= 11 is 0. The molecule has 1 saturated carbocycles. The Hall–Kier alpha value is -3.77. The van der Waals surface area contributed by atoms with Crippen molar-refractivity contribution in [3.63, 3.8) is 0 Å². The number of halogens is 4. The van der Waals surface area contributed by atoms with Crippen LogP contribution in [0.4, 0.5) is 23.4 Å². The summed E-state index contributed by atoms with van der Waals surface area (Å²) in [6.45, 7) is 0.304. The molecular weight excluding hydrogens is 458 g/mol. The molecule has 1 unspecified atom stereocenters. The molecule has 1 N–H and O–H groups in total. The number of rotatable bonds is 5. The largest absolute Gasteiger partial charge is 0.337 e. The first-order valence-electron chi connectivity index (χ1n) is 10.5. The quantitative estimate of drug-likeness (QED) is 0.568. The number of likely N-dealkylation sites (N-methyl/N-ethyl adjacent to an activating group) is 1. The topological polar surface area (TPSA) is 97.9 Å². The number of hydrogen-bond acceptors (Lipinski definition) is 5. The first-order chi connectivity index (χ1) is 16.1. The van der Waals surface area contributed by atoms with E-state index in [1.807, 2.05) is 0 Å². The Kier molecular flexibility index (Phi) is 5.14. The van der Waals surface area contributed by atoms with E-state index in [4.69, 9.17) is 0 Å². The van der Waals surface area contributed by atoms with Gasteiger partial charge in [0.1, 0.15) is 18.2 Å². The van der Waals surface area contributed by atoms with Crippen LogP contribution in [0, 0.1) is 11.6 Å². The highest BCUT2D eigenvalue weighted by Gasteiger charge is 2.59. The van der Waals surface area contributed by atoms with Crippen LogP contribution in [0.15, 0.2) is 30.6 Å². The fraction of sp³-hybridized carbons (Fsp3) is 0.381. The van der Waals surface area contributed by atoms with Gasteiger partial charge in [-0.15, -0.1) is 5.10 Å². The molecular formula is C21H19F4N7O2. The molecule has 1 aromatic carbocycles. The summed E-state index contributed by atoms with van der Waals surface area (Å²) in [6, 6.07) is 3.99. The van der Waals surface area contributed by atoms with Crippen LogP contribution in [0.3, 0.4) is 0 Å². The molecule has 9 nitrogen and oxygen atoms in total. The molecule has 178 valence electrons. The van der Waals surface area contributed by atoms with Gasteiger partial charge in [0.15, 0.2) is 11.6 Å². The number of benzene rings is 1. The smallest absolute Gasteiger partial charge is 0.291 e. The van der Waals surface area contributed by atoms with Crippen LogP contribution in [-0.4, -0.2) is 55.4 Å². The predicted octanol–water partition coefficient (Wildman–Crippen LogP) is 2.09. The van der Waals surface area contributed by atoms with Crippen molar-refractivity contribution in [1.82, 2.24) is 29.9 Å². The van der Waals surface area contributed by atoms with Crippen LogP contribution in [0.5, 0.6) is 0 Å². The fourth-order valence-corrected chi connectivity index (χ4v) is 3.94. The molecule has 0 spiro atoms. The second-order valence-corrected chi connectivity index (χ2v) is 8.39. The van der Waals surface area contributed by atoms with E-state index in [0.717, 1.165) is 12.1 Å². The van der Waals surface area contributed by atoms with E-state index < -0.39 is 41.3 Å². The number of nitrogens with one attached hydrogen (secondary N) is 1. The number of alkyl halides is 2. The molecule has 1 aliphatic heterocycles. The number of carbonyl (C=O) groups excluding carboxylic acids is 2. The average molecular weight is 477 g/mol. The van der Waals surface area contributed by atoms with E-state index in [1.165, 1.54) is 39.8 Å². The first kappa shape index (κ1) is 22.0. The third-order valence-electron chi connectivity index (χ3n) is 5.94. The molecule has 13 heteroatoms. The molecule has 2 aliphatic rings. The Labute approximate surface area is 190 Å². The summed E-state index contributed by atoms with van der Waals surface area (Å²) in [5.74, 6) is -6.59. The Balaban J connectivity index is 1.25. The van der Waals surface area contributed by atoms with E-state index in [2.05, 4.69) is 20.5 Å². The van der Waals surface area contributed by atoms with Gasteiger partial charge in [0.2, 0.25) is 5.82 Å². The summed E-state index contributed by atoms with van der Waals surface area (Å²) < 4.78 is 56.1. The molecule has 2 amide bonds. The molecule has 34 heavy (non-hydrogen) atoms. The Morgan fingerprint density at radius 2 is 1.97 bits per heavy atom. The number of nitrogens with zero attached hydrogens (tertiary/aromatic N) is 6. The molecule has 1 fully saturated rings. The van der Waals surface area contributed by atoms with Crippen LogP contribution in [0.2, 0.25) is 0 Å². The molecule has 5 rings (SSSR count). The Bertz CT molecular complexity index is 1290. The Morgan fingerprint density at radius 1 is 1.21 bits per heavy atom. The van der Waals surface area contributed by atoms with Crippen molar-refractivity contribution in [3.8, 4) is 0 Å². The second-order valence-electron chi connectivity index (χ2n) is 8.39. The number of anilines is 1. The van der Waals surface area contributed by atoms with Crippen molar-refractivity contribution < 1.29 is 27.2 Å². The van der Waals surface area contributed by atoms with Crippen molar-refractivity contribution in [3.05, 3.63) is 59.3 Å². The van der Waals surface area contributed by atoms with Gasteiger partial charge in [-0.05, 0) is 24.1 Å². The maximum atomic E-state index is 13.4. The maximum absolute atomic E-state index is 13.4. The van der Waals surface area contributed by atoms with Crippen LogP contribution >= 0.6 is 0 Å². The maximum Gasteiger partial charge on any atom is 0.291 e. The average Bonchev–Trinajstić information content (AvgIpc) is 3.14. The minimum atomic E-state index is -2.76. The normalized spacial score (nSPS) is 21.2. The minimum absolute atomic E-state index is 0.0616. The number of carbonyl (C=O) groups is 2. The van der Waals surface area contributed by atoms with Gasteiger partial charge in [-0.3, -0.25) is 14.5 Å². The molecule has 3 aromatic rings. The van der Waals surface area contributed by atoms with Crippen LogP contribution in [0.1, 0.15) is 40.6 Å². The summed E-state index contributed by atoms with van der Waals surface area (Å²) in [5, 5.41) is 10.9. The third-order valence-corrected chi connectivity index (χ3v) is 5.94. The zero-order chi connectivity index (χ0) is 24.2. The fourth-order valence-electron chi connectivity index (χ4n) is 3.94. The molecule has 0 radical (unpaired) electrons. The van der Waals surface area contributed by atoms with Gasteiger partial charge in [-0.2, -0.15) is 5.10 Å². The number of aromatic nitrogens is 5. The minimum Gasteiger partial charge on any atom is -0.337 e. The van der Waals surface area contributed by atoms with E-state index in [9.17, 15) is 27.2 Å². The van der Waals surface area contributed by atoms with Gasteiger partial charge < -0.3 is 5.32 Å². The molecule has 1 aliphatic carbocycles. The van der Waals surface area contributed by atoms with Crippen molar-refractivity contribution in [2.75, 3.05) is 11.9 Å². The summed E-state index contributed by atoms with van der Waals surface area (Å²) in [4.78, 5) is 30.8. The number of hydrogen-bond donors (Lipinski definition) is 1. The lowest BCUT2D eigenvalue weighted by Crippen LogP contribution is -2.47. The van der Waals surface area contributed by atoms with Gasteiger partial charge in [-0.1, -0.05) is 6.07 Å². The number of amides is 2. The number of fused-ring (bicyclic) bond motifs is 1. The molecule has 0 bridgehead atoms. The van der Waals surface area contributed by atoms with Crippen molar-refractivity contribution in [1.29, 1.82) is 0 Å². The highest BCUT2D eigenvalue weighted by Crippen LogP contribution is 2.55. The van der Waals surface area contributed by atoms with Gasteiger partial charge in [-0.25, -0.2) is 31.9 Å². The van der Waals surface area contributed by atoms with E-state index >= 15 is 0 Å². The zero-order valence-electron chi connectivity index (χ0n) is 17.9. The third kappa shape index (κ3) is 4.01. The van der Waals surface area contributed by atoms with E-state index in [-0.39, 0.29) is 37.4 Å². The van der Waals surface area contributed by atoms with Crippen molar-refractivity contribution in [2.24, 2.45) is 0 Å². The lowest BCUT2D eigenvalue weighted by Gasteiger charge is -2.19. The van der Waals surface area contributed by atoms with E-state index in [1.54, 1.807) is 0 Å². The molecule has 0 saturated heterocycles.